The minimum atomic E-state index is 0. The van der Waals surface area contributed by atoms with Gasteiger partial charge in [-0.15, -0.1) is 12.4 Å². The molecule has 0 aromatic heterocycles. The van der Waals surface area contributed by atoms with Crippen molar-refractivity contribution in [2.75, 3.05) is 7.05 Å². The molecule has 2 bridgehead atoms. The first-order valence-corrected chi connectivity index (χ1v) is 8.24. The van der Waals surface area contributed by atoms with E-state index in [2.05, 4.69) is 5.32 Å². The Kier molecular flexibility index (Phi) is 6.00. The maximum absolute atomic E-state index is 12.5. The molecular formula is C16H21Cl3N2O. The number of nitrogens with one attached hydrogen (secondary N) is 1. The Labute approximate surface area is 147 Å². The van der Waals surface area contributed by atoms with Crippen LogP contribution in [-0.4, -0.2) is 36.0 Å². The number of rotatable bonds is 3. The van der Waals surface area contributed by atoms with Gasteiger partial charge in [0.2, 0.25) is 5.91 Å². The molecule has 2 fully saturated rings. The Morgan fingerprint density at radius 3 is 2.55 bits per heavy atom. The van der Waals surface area contributed by atoms with Crippen LogP contribution < -0.4 is 5.32 Å². The molecule has 2 unspecified atom stereocenters. The topological polar surface area (TPSA) is 32.3 Å². The number of nitrogens with zero attached hydrogens (tertiary/aromatic N) is 1. The molecule has 22 heavy (non-hydrogen) atoms. The number of likely N-dealkylation sites (N-methyl/N-ethyl adjacent to an activating group) is 1. The van der Waals surface area contributed by atoms with Crippen LogP contribution in [-0.2, 0) is 11.2 Å². The Balaban J connectivity index is 0.00000176. The third-order valence-electron chi connectivity index (χ3n) is 4.74. The highest BCUT2D eigenvalue weighted by molar-refractivity contribution is 6.33. The van der Waals surface area contributed by atoms with Gasteiger partial charge in [-0.1, -0.05) is 23.2 Å². The van der Waals surface area contributed by atoms with Gasteiger partial charge in [-0.05, 0) is 49.4 Å². The van der Waals surface area contributed by atoms with Gasteiger partial charge in [0.1, 0.15) is 0 Å². The van der Waals surface area contributed by atoms with Crippen molar-refractivity contribution in [3.63, 3.8) is 0 Å². The number of carbonyl (C=O) groups excluding carboxylic acids is 1. The summed E-state index contributed by atoms with van der Waals surface area (Å²) < 4.78 is 0. The molecule has 0 saturated carbocycles. The third kappa shape index (κ3) is 3.88. The van der Waals surface area contributed by atoms with Gasteiger partial charge >= 0.3 is 0 Å². The second kappa shape index (κ2) is 7.39. The maximum Gasteiger partial charge on any atom is 0.227 e. The molecule has 122 valence electrons. The van der Waals surface area contributed by atoms with E-state index in [1.165, 1.54) is 12.8 Å². The van der Waals surface area contributed by atoms with E-state index in [-0.39, 0.29) is 18.3 Å². The zero-order valence-corrected chi connectivity index (χ0v) is 14.8. The smallest absolute Gasteiger partial charge is 0.227 e. The summed E-state index contributed by atoms with van der Waals surface area (Å²) in [4.78, 5) is 14.4. The van der Waals surface area contributed by atoms with E-state index >= 15 is 0 Å². The van der Waals surface area contributed by atoms with Crippen LogP contribution in [0.4, 0.5) is 0 Å². The molecule has 1 N–H and O–H groups in total. The molecule has 0 aliphatic carbocycles. The molecule has 0 spiro atoms. The first-order chi connectivity index (χ1) is 10.0. The Hall–Kier alpha value is -0.480. The lowest BCUT2D eigenvalue weighted by Gasteiger charge is -2.35. The minimum Gasteiger partial charge on any atom is -0.342 e. The molecule has 3 nitrogen and oxygen atoms in total. The zero-order chi connectivity index (χ0) is 15.0. The first-order valence-electron chi connectivity index (χ1n) is 7.48. The minimum absolute atomic E-state index is 0. The summed E-state index contributed by atoms with van der Waals surface area (Å²) in [6.45, 7) is 0. The van der Waals surface area contributed by atoms with E-state index in [1.54, 1.807) is 18.2 Å². The highest BCUT2D eigenvalue weighted by atomic mass is 35.5. The molecule has 2 aliphatic rings. The number of benzene rings is 1. The quantitative estimate of drug-likeness (QED) is 0.888. The molecule has 1 aromatic carbocycles. The molecule has 0 radical (unpaired) electrons. The lowest BCUT2D eigenvalue weighted by Crippen LogP contribution is -2.49. The van der Waals surface area contributed by atoms with Crippen LogP contribution in [0.15, 0.2) is 18.2 Å². The van der Waals surface area contributed by atoms with Gasteiger partial charge in [-0.3, -0.25) is 4.79 Å². The van der Waals surface area contributed by atoms with Gasteiger partial charge < -0.3 is 10.2 Å². The van der Waals surface area contributed by atoms with Gasteiger partial charge in [0, 0.05) is 35.2 Å². The van der Waals surface area contributed by atoms with Crippen LogP contribution in [0.1, 0.15) is 31.2 Å². The lowest BCUT2D eigenvalue weighted by atomic mass is 9.98. The van der Waals surface area contributed by atoms with Crippen molar-refractivity contribution in [3.05, 3.63) is 33.8 Å². The predicted octanol–water partition coefficient (Wildman–Crippen LogP) is 3.70. The molecule has 6 heteroatoms. The third-order valence-corrected chi connectivity index (χ3v) is 5.34. The van der Waals surface area contributed by atoms with Crippen LogP contribution in [0, 0.1) is 0 Å². The summed E-state index contributed by atoms with van der Waals surface area (Å²) in [6, 6.07) is 6.78. The largest absolute Gasteiger partial charge is 0.342 e. The highest BCUT2D eigenvalue weighted by Crippen LogP contribution is 2.30. The number of fused-ring (bicyclic) bond motifs is 2. The van der Waals surface area contributed by atoms with Gasteiger partial charge in [-0.2, -0.15) is 0 Å². The van der Waals surface area contributed by atoms with Crippen molar-refractivity contribution in [3.8, 4) is 0 Å². The standard InChI is InChI=1S/C16H20Cl2N2O.ClH/c1-20(14-8-12-3-4-13(9-14)19-12)16(21)7-10-6-11(17)2-5-15(10)18;/h2,5-6,12-14,19H,3-4,7-9H2,1H3;1H. The lowest BCUT2D eigenvalue weighted by molar-refractivity contribution is -0.131. The van der Waals surface area contributed by atoms with Crippen molar-refractivity contribution < 1.29 is 4.79 Å². The van der Waals surface area contributed by atoms with E-state index in [0.717, 1.165) is 18.4 Å². The number of carbonyl (C=O) groups is 1. The number of amides is 1. The van der Waals surface area contributed by atoms with E-state index in [4.69, 9.17) is 23.2 Å². The van der Waals surface area contributed by atoms with E-state index < -0.39 is 0 Å². The second-order valence-corrected chi connectivity index (χ2v) is 7.02. The normalized spacial score (nSPS) is 26.4. The van der Waals surface area contributed by atoms with Gasteiger partial charge in [-0.25, -0.2) is 0 Å². The van der Waals surface area contributed by atoms with Crippen LogP contribution >= 0.6 is 35.6 Å². The first kappa shape index (κ1) is 17.9. The van der Waals surface area contributed by atoms with Crippen molar-refractivity contribution in [2.24, 2.45) is 0 Å². The summed E-state index contributed by atoms with van der Waals surface area (Å²) in [5, 5.41) is 4.82. The van der Waals surface area contributed by atoms with Crippen molar-refractivity contribution >= 4 is 41.5 Å². The molecule has 2 aliphatic heterocycles. The van der Waals surface area contributed by atoms with Crippen LogP contribution in [0.5, 0.6) is 0 Å². The Morgan fingerprint density at radius 2 is 1.91 bits per heavy atom. The molecule has 2 atom stereocenters. The average Bonchev–Trinajstić information content (AvgIpc) is 2.80. The average molecular weight is 364 g/mol. The van der Waals surface area contributed by atoms with E-state index in [9.17, 15) is 4.79 Å². The number of piperidine rings is 1. The monoisotopic (exact) mass is 362 g/mol. The number of hydrogen-bond donors (Lipinski definition) is 1. The molecule has 3 rings (SSSR count). The molecular weight excluding hydrogens is 343 g/mol. The summed E-state index contributed by atoms with van der Waals surface area (Å²) >= 11 is 12.1. The Bertz CT molecular complexity index is 540. The van der Waals surface area contributed by atoms with E-state index in [0.29, 0.717) is 34.6 Å². The van der Waals surface area contributed by atoms with Crippen LogP contribution in [0.3, 0.4) is 0 Å². The molecule has 2 saturated heterocycles. The number of hydrogen-bond acceptors (Lipinski definition) is 2. The molecule has 1 amide bonds. The van der Waals surface area contributed by atoms with Crippen molar-refractivity contribution in [2.45, 2.75) is 50.2 Å². The van der Waals surface area contributed by atoms with Gasteiger partial charge in [0.05, 0.1) is 6.42 Å². The van der Waals surface area contributed by atoms with E-state index in [1.807, 2.05) is 11.9 Å². The summed E-state index contributed by atoms with van der Waals surface area (Å²) in [5.74, 6) is 0.116. The fourth-order valence-electron chi connectivity index (χ4n) is 3.51. The van der Waals surface area contributed by atoms with Gasteiger partial charge in [0.15, 0.2) is 0 Å². The zero-order valence-electron chi connectivity index (χ0n) is 12.5. The SMILES string of the molecule is CN(C(=O)Cc1cc(Cl)ccc1Cl)C1CC2CCC(C1)N2.Cl. The fraction of sp³-hybridized carbons (Fsp3) is 0.562. The fourth-order valence-corrected chi connectivity index (χ4v) is 3.89. The summed E-state index contributed by atoms with van der Waals surface area (Å²) in [6.07, 6.45) is 4.91. The highest BCUT2D eigenvalue weighted by Gasteiger charge is 2.36. The van der Waals surface area contributed by atoms with Gasteiger partial charge in [0.25, 0.3) is 0 Å². The molecule has 2 heterocycles. The summed E-state index contributed by atoms with van der Waals surface area (Å²) in [7, 11) is 1.91. The van der Waals surface area contributed by atoms with Crippen molar-refractivity contribution in [1.82, 2.24) is 10.2 Å². The summed E-state index contributed by atoms with van der Waals surface area (Å²) in [5.41, 5.74) is 0.804. The van der Waals surface area contributed by atoms with Crippen LogP contribution in [0.25, 0.3) is 0 Å². The number of halogens is 3. The Morgan fingerprint density at radius 1 is 1.27 bits per heavy atom. The van der Waals surface area contributed by atoms with Crippen molar-refractivity contribution in [1.29, 1.82) is 0 Å². The predicted molar refractivity (Wildman–Crippen MR) is 93.2 cm³/mol. The maximum atomic E-state index is 12.5. The second-order valence-electron chi connectivity index (χ2n) is 6.18. The van der Waals surface area contributed by atoms with Crippen LogP contribution in [0.2, 0.25) is 10.0 Å². The molecule has 1 aromatic rings.